The molecule has 2 nitrogen and oxygen atoms in total. The van der Waals surface area contributed by atoms with Gasteiger partial charge < -0.3 is 9.84 Å². The SMILES string of the molecule is CCCC(O)(COC)C(C)C. The van der Waals surface area contributed by atoms with Crippen molar-refractivity contribution in [2.24, 2.45) is 5.92 Å². The number of aliphatic hydroxyl groups is 1. The first-order chi connectivity index (χ1) is 5.06. The van der Waals surface area contributed by atoms with Gasteiger partial charge in [-0.3, -0.25) is 0 Å². The highest BCUT2D eigenvalue weighted by Gasteiger charge is 2.29. The Morgan fingerprint density at radius 1 is 1.45 bits per heavy atom. The van der Waals surface area contributed by atoms with E-state index in [1.165, 1.54) is 0 Å². The Kier molecular flexibility index (Phi) is 4.69. The van der Waals surface area contributed by atoms with Gasteiger partial charge in [0.25, 0.3) is 0 Å². The highest BCUT2D eigenvalue weighted by Crippen LogP contribution is 2.22. The Balaban J connectivity index is 4.01. The highest BCUT2D eigenvalue weighted by molar-refractivity contribution is 4.80. The Morgan fingerprint density at radius 3 is 2.27 bits per heavy atom. The molecule has 0 bridgehead atoms. The van der Waals surface area contributed by atoms with Gasteiger partial charge in [-0.25, -0.2) is 0 Å². The van der Waals surface area contributed by atoms with E-state index in [4.69, 9.17) is 4.74 Å². The van der Waals surface area contributed by atoms with Gasteiger partial charge in [0.2, 0.25) is 0 Å². The summed E-state index contributed by atoms with van der Waals surface area (Å²) in [5.74, 6) is 0.266. The second-order valence-corrected chi connectivity index (χ2v) is 3.44. The summed E-state index contributed by atoms with van der Waals surface area (Å²) in [7, 11) is 1.63. The summed E-state index contributed by atoms with van der Waals surface area (Å²) >= 11 is 0. The van der Waals surface area contributed by atoms with Crippen LogP contribution >= 0.6 is 0 Å². The van der Waals surface area contributed by atoms with Crippen molar-refractivity contribution in [3.8, 4) is 0 Å². The number of methoxy groups -OCH3 is 1. The van der Waals surface area contributed by atoms with Crippen LogP contribution in [0, 0.1) is 5.92 Å². The third-order valence-corrected chi connectivity index (χ3v) is 2.15. The molecule has 0 aliphatic heterocycles. The van der Waals surface area contributed by atoms with Crippen LogP contribution < -0.4 is 0 Å². The molecular formula is C9H20O2. The summed E-state index contributed by atoms with van der Waals surface area (Å²) in [6.45, 7) is 6.56. The molecule has 0 saturated carbocycles. The smallest absolute Gasteiger partial charge is 0.0902 e. The topological polar surface area (TPSA) is 29.5 Å². The molecule has 0 saturated heterocycles. The maximum absolute atomic E-state index is 9.96. The Labute approximate surface area is 69.6 Å². The van der Waals surface area contributed by atoms with Gasteiger partial charge in [-0.1, -0.05) is 27.2 Å². The lowest BCUT2D eigenvalue weighted by atomic mass is 9.87. The molecule has 2 heteroatoms. The zero-order valence-electron chi connectivity index (χ0n) is 8.05. The van der Waals surface area contributed by atoms with Gasteiger partial charge >= 0.3 is 0 Å². The van der Waals surface area contributed by atoms with Crippen LogP contribution in [-0.4, -0.2) is 24.4 Å². The molecular weight excluding hydrogens is 140 g/mol. The molecule has 0 rings (SSSR count). The molecule has 0 aliphatic carbocycles. The first kappa shape index (κ1) is 10.9. The molecule has 0 fully saturated rings. The number of hydrogen-bond donors (Lipinski definition) is 1. The lowest BCUT2D eigenvalue weighted by Gasteiger charge is -2.30. The van der Waals surface area contributed by atoms with Crippen molar-refractivity contribution in [1.82, 2.24) is 0 Å². The Hall–Kier alpha value is -0.0800. The second kappa shape index (κ2) is 4.73. The van der Waals surface area contributed by atoms with E-state index >= 15 is 0 Å². The van der Waals surface area contributed by atoms with Gasteiger partial charge in [0.05, 0.1) is 12.2 Å². The zero-order valence-corrected chi connectivity index (χ0v) is 8.05. The van der Waals surface area contributed by atoms with E-state index in [9.17, 15) is 5.11 Å². The van der Waals surface area contributed by atoms with Crippen molar-refractivity contribution >= 4 is 0 Å². The summed E-state index contributed by atoms with van der Waals surface area (Å²) < 4.78 is 4.97. The zero-order chi connectivity index (χ0) is 8.91. The van der Waals surface area contributed by atoms with Crippen molar-refractivity contribution in [2.45, 2.75) is 39.2 Å². The van der Waals surface area contributed by atoms with Crippen molar-refractivity contribution in [3.05, 3.63) is 0 Å². The summed E-state index contributed by atoms with van der Waals surface area (Å²) in [6.07, 6.45) is 1.82. The molecule has 68 valence electrons. The second-order valence-electron chi connectivity index (χ2n) is 3.44. The number of ether oxygens (including phenoxy) is 1. The summed E-state index contributed by atoms with van der Waals surface area (Å²) in [5.41, 5.74) is -0.622. The van der Waals surface area contributed by atoms with Crippen LogP contribution in [0.3, 0.4) is 0 Å². The maximum Gasteiger partial charge on any atom is 0.0902 e. The molecule has 0 spiro atoms. The molecule has 0 radical (unpaired) electrons. The van der Waals surface area contributed by atoms with Crippen molar-refractivity contribution in [1.29, 1.82) is 0 Å². The highest BCUT2D eigenvalue weighted by atomic mass is 16.5. The summed E-state index contributed by atoms with van der Waals surface area (Å²) in [5, 5.41) is 9.96. The molecule has 11 heavy (non-hydrogen) atoms. The fourth-order valence-electron chi connectivity index (χ4n) is 1.21. The summed E-state index contributed by atoms with van der Waals surface area (Å²) in [4.78, 5) is 0. The Morgan fingerprint density at radius 2 is 2.00 bits per heavy atom. The third kappa shape index (κ3) is 3.21. The Bertz CT molecular complexity index is 93.7. The van der Waals surface area contributed by atoms with Crippen LogP contribution in [0.4, 0.5) is 0 Å². The van der Waals surface area contributed by atoms with E-state index in [2.05, 4.69) is 6.92 Å². The minimum absolute atomic E-state index is 0.266. The van der Waals surface area contributed by atoms with E-state index < -0.39 is 5.60 Å². The van der Waals surface area contributed by atoms with Gasteiger partial charge in [-0.05, 0) is 12.3 Å². The minimum atomic E-state index is -0.622. The predicted octanol–water partition coefficient (Wildman–Crippen LogP) is 1.82. The molecule has 0 heterocycles. The molecule has 0 aromatic heterocycles. The first-order valence-electron chi connectivity index (χ1n) is 4.28. The van der Waals surface area contributed by atoms with E-state index in [-0.39, 0.29) is 5.92 Å². The van der Waals surface area contributed by atoms with Crippen LogP contribution in [0.15, 0.2) is 0 Å². The average Bonchev–Trinajstić information content (AvgIpc) is 1.88. The molecule has 0 aromatic rings. The largest absolute Gasteiger partial charge is 0.387 e. The minimum Gasteiger partial charge on any atom is -0.387 e. The van der Waals surface area contributed by atoms with Gasteiger partial charge in [0.1, 0.15) is 0 Å². The lowest BCUT2D eigenvalue weighted by molar-refractivity contribution is -0.0703. The lowest BCUT2D eigenvalue weighted by Crippen LogP contribution is -2.39. The maximum atomic E-state index is 9.96. The molecule has 0 amide bonds. The monoisotopic (exact) mass is 160 g/mol. The predicted molar refractivity (Wildman–Crippen MR) is 46.6 cm³/mol. The molecule has 1 atom stereocenters. The van der Waals surface area contributed by atoms with E-state index in [0.717, 1.165) is 12.8 Å². The van der Waals surface area contributed by atoms with Gasteiger partial charge in [-0.15, -0.1) is 0 Å². The fraction of sp³-hybridized carbons (Fsp3) is 1.00. The molecule has 1 unspecified atom stereocenters. The van der Waals surface area contributed by atoms with Crippen LogP contribution in [0.5, 0.6) is 0 Å². The normalized spacial score (nSPS) is 16.9. The molecule has 0 aliphatic rings. The summed E-state index contributed by atoms with van der Waals surface area (Å²) in [6, 6.07) is 0. The van der Waals surface area contributed by atoms with Gasteiger partial charge in [0, 0.05) is 7.11 Å². The van der Waals surface area contributed by atoms with E-state index in [1.807, 2.05) is 13.8 Å². The van der Waals surface area contributed by atoms with Crippen LogP contribution in [0.25, 0.3) is 0 Å². The first-order valence-corrected chi connectivity index (χ1v) is 4.28. The molecule has 0 aromatic carbocycles. The van der Waals surface area contributed by atoms with Crippen LogP contribution in [-0.2, 0) is 4.74 Å². The van der Waals surface area contributed by atoms with Crippen molar-refractivity contribution < 1.29 is 9.84 Å². The average molecular weight is 160 g/mol. The van der Waals surface area contributed by atoms with Crippen molar-refractivity contribution in [2.75, 3.05) is 13.7 Å². The molecule has 1 N–H and O–H groups in total. The van der Waals surface area contributed by atoms with E-state index in [1.54, 1.807) is 7.11 Å². The van der Waals surface area contributed by atoms with Crippen molar-refractivity contribution in [3.63, 3.8) is 0 Å². The number of hydrogen-bond acceptors (Lipinski definition) is 2. The standard InChI is InChI=1S/C9H20O2/c1-5-6-9(10,7-11-4)8(2)3/h8,10H,5-7H2,1-4H3. The van der Waals surface area contributed by atoms with E-state index in [0.29, 0.717) is 6.61 Å². The van der Waals surface area contributed by atoms with Crippen LogP contribution in [0.1, 0.15) is 33.6 Å². The fourth-order valence-corrected chi connectivity index (χ4v) is 1.21. The quantitative estimate of drug-likeness (QED) is 0.664. The number of rotatable bonds is 5. The van der Waals surface area contributed by atoms with Gasteiger partial charge in [0.15, 0.2) is 0 Å². The van der Waals surface area contributed by atoms with Gasteiger partial charge in [-0.2, -0.15) is 0 Å². The van der Waals surface area contributed by atoms with Crippen LogP contribution in [0.2, 0.25) is 0 Å². The third-order valence-electron chi connectivity index (χ3n) is 2.15.